The van der Waals surface area contributed by atoms with Gasteiger partial charge in [0, 0.05) is 6.54 Å². The highest BCUT2D eigenvalue weighted by molar-refractivity contribution is 6.43. The first-order chi connectivity index (χ1) is 10.5. The van der Waals surface area contributed by atoms with Crippen LogP contribution < -0.4 is 0 Å². The van der Waals surface area contributed by atoms with E-state index in [-0.39, 0.29) is 22.3 Å². The summed E-state index contributed by atoms with van der Waals surface area (Å²) in [5, 5.41) is 7.94. The normalized spacial score (nSPS) is 11.0. The summed E-state index contributed by atoms with van der Waals surface area (Å²) in [7, 11) is 0. The molecule has 0 fully saturated rings. The molecule has 2 aromatic rings. The van der Waals surface area contributed by atoms with Gasteiger partial charge in [-0.1, -0.05) is 34.5 Å². The lowest BCUT2D eigenvalue weighted by atomic mass is 10.3. The summed E-state index contributed by atoms with van der Waals surface area (Å²) >= 11 is 12.0. The van der Waals surface area contributed by atoms with Crippen molar-refractivity contribution in [2.45, 2.75) is 13.3 Å². The van der Waals surface area contributed by atoms with E-state index in [2.05, 4.69) is 10.3 Å². The standard InChI is InChI=1S/C13H12Cl2F2N4O/c1-2-20(7-11(16)17)13(22)10-6-18-19-21(10)9-5-3-4-8(14)12(9)15/h3-6,11H,2,7H2,1H3. The topological polar surface area (TPSA) is 51.0 Å². The number of nitrogens with zero attached hydrogens (tertiary/aromatic N) is 4. The minimum atomic E-state index is -2.62. The fourth-order valence-electron chi connectivity index (χ4n) is 1.90. The predicted octanol–water partition coefficient (Wildman–Crippen LogP) is 3.30. The number of carbonyl (C=O) groups is 1. The largest absolute Gasteiger partial charge is 0.332 e. The van der Waals surface area contributed by atoms with Crippen molar-refractivity contribution in [3.8, 4) is 5.69 Å². The van der Waals surface area contributed by atoms with Gasteiger partial charge in [-0.2, -0.15) is 0 Å². The second-order valence-electron chi connectivity index (χ2n) is 4.34. The number of carbonyl (C=O) groups excluding carboxylic acids is 1. The Labute approximate surface area is 135 Å². The average molecular weight is 349 g/mol. The van der Waals surface area contributed by atoms with Crippen LogP contribution in [0.5, 0.6) is 0 Å². The number of alkyl halides is 2. The lowest BCUT2D eigenvalue weighted by molar-refractivity contribution is 0.0561. The summed E-state index contributed by atoms with van der Waals surface area (Å²) in [6.07, 6.45) is -1.42. The smallest absolute Gasteiger partial charge is 0.274 e. The van der Waals surface area contributed by atoms with Crippen LogP contribution >= 0.6 is 23.2 Å². The van der Waals surface area contributed by atoms with Crippen LogP contribution in [0.4, 0.5) is 8.78 Å². The molecule has 2 rings (SSSR count). The average Bonchev–Trinajstić information content (AvgIpc) is 2.96. The molecular weight excluding hydrogens is 337 g/mol. The fourth-order valence-corrected chi connectivity index (χ4v) is 2.27. The van der Waals surface area contributed by atoms with Gasteiger partial charge in [0.1, 0.15) is 0 Å². The van der Waals surface area contributed by atoms with Gasteiger partial charge in [-0.25, -0.2) is 13.5 Å². The van der Waals surface area contributed by atoms with Crippen LogP contribution in [0.25, 0.3) is 5.69 Å². The third-order valence-electron chi connectivity index (χ3n) is 2.96. The number of rotatable bonds is 5. The van der Waals surface area contributed by atoms with Gasteiger partial charge in [0.25, 0.3) is 12.3 Å². The van der Waals surface area contributed by atoms with Crippen molar-refractivity contribution >= 4 is 29.1 Å². The van der Waals surface area contributed by atoms with E-state index in [1.807, 2.05) is 0 Å². The zero-order valence-corrected chi connectivity index (χ0v) is 13.0. The lowest BCUT2D eigenvalue weighted by Gasteiger charge is -2.20. The first-order valence-electron chi connectivity index (χ1n) is 6.38. The maximum absolute atomic E-state index is 12.5. The zero-order chi connectivity index (χ0) is 16.3. The number of halogens is 4. The van der Waals surface area contributed by atoms with E-state index in [0.717, 1.165) is 4.90 Å². The highest BCUT2D eigenvalue weighted by atomic mass is 35.5. The Hall–Kier alpha value is -1.73. The predicted molar refractivity (Wildman–Crippen MR) is 79.0 cm³/mol. The summed E-state index contributed by atoms with van der Waals surface area (Å²) in [6, 6.07) is 4.82. The number of aromatic nitrogens is 3. The van der Waals surface area contributed by atoms with E-state index in [0.29, 0.717) is 5.69 Å². The molecule has 0 aliphatic rings. The van der Waals surface area contributed by atoms with Gasteiger partial charge in [0.15, 0.2) is 5.69 Å². The Morgan fingerprint density at radius 3 is 2.77 bits per heavy atom. The molecule has 118 valence electrons. The van der Waals surface area contributed by atoms with Gasteiger partial charge < -0.3 is 4.90 Å². The summed E-state index contributed by atoms with van der Waals surface area (Å²) < 4.78 is 26.3. The molecule has 0 bridgehead atoms. The monoisotopic (exact) mass is 348 g/mol. The molecule has 22 heavy (non-hydrogen) atoms. The highest BCUT2D eigenvalue weighted by Crippen LogP contribution is 2.28. The minimum Gasteiger partial charge on any atom is -0.332 e. The molecular formula is C13H12Cl2F2N4O. The van der Waals surface area contributed by atoms with E-state index in [1.165, 1.54) is 10.9 Å². The number of hydrogen-bond acceptors (Lipinski definition) is 3. The molecule has 0 spiro atoms. The van der Waals surface area contributed by atoms with Crippen molar-refractivity contribution < 1.29 is 13.6 Å². The Kier molecular flexibility index (Phi) is 5.31. The molecule has 1 aromatic carbocycles. The van der Waals surface area contributed by atoms with Gasteiger partial charge in [-0.15, -0.1) is 5.10 Å². The van der Waals surface area contributed by atoms with Crippen molar-refractivity contribution in [2.75, 3.05) is 13.1 Å². The molecule has 0 N–H and O–H groups in total. The Balaban J connectivity index is 2.41. The minimum absolute atomic E-state index is 0.0340. The summed E-state index contributed by atoms with van der Waals surface area (Å²) in [5.74, 6) is -0.608. The van der Waals surface area contributed by atoms with Crippen molar-refractivity contribution in [1.82, 2.24) is 19.9 Å². The van der Waals surface area contributed by atoms with Gasteiger partial charge >= 0.3 is 0 Å². The van der Waals surface area contributed by atoms with Crippen LogP contribution in [0.3, 0.4) is 0 Å². The zero-order valence-electron chi connectivity index (χ0n) is 11.5. The molecule has 0 saturated carbocycles. The van der Waals surface area contributed by atoms with E-state index < -0.39 is 18.9 Å². The first kappa shape index (κ1) is 16.6. The molecule has 0 aliphatic carbocycles. The van der Waals surface area contributed by atoms with Crippen LogP contribution in [0, 0.1) is 0 Å². The van der Waals surface area contributed by atoms with Gasteiger partial charge in [-0.3, -0.25) is 4.79 Å². The summed E-state index contributed by atoms with van der Waals surface area (Å²) in [5.41, 5.74) is 0.384. The fraction of sp³-hybridized carbons (Fsp3) is 0.308. The van der Waals surface area contributed by atoms with Crippen molar-refractivity contribution in [3.05, 3.63) is 40.1 Å². The molecule has 9 heteroatoms. The van der Waals surface area contributed by atoms with Crippen LogP contribution in [0.15, 0.2) is 24.4 Å². The van der Waals surface area contributed by atoms with E-state index >= 15 is 0 Å². The van der Waals surface area contributed by atoms with Crippen molar-refractivity contribution in [2.24, 2.45) is 0 Å². The highest BCUT2D eigenvalue weighted by Gasteiger charge is 2.23. The maximum atomic E-state index is 12.5. The summed E-state index contributed by atoms with van der Waals surface area (Å²) in [4.78, 5) is 13.4. The summed E-state index contributed by atoms with van der Waals surface area (Å²) in [6.45, 7) is 1.09. The molecule has 0 unspecified atom stereocenters. The molecule has 1 amide bonds. The van der Waals surface area contributed by atoms with Crippen molar-refractivity contribution in [1.29, 1.82) is 0 Å². The third kappa shape index (κ3) is 3.36. The number of hydrogen-bond donors (Lipinski definition) is 0. The molecule has 5 nitrogen and oxygen atoms in total. The Morgan fingerprint density at radius 2 is 2.14 bits per heavy atom. The molecule has 0 radical (unpaired) electrons. The Bertz CT molecular complexity index is 678. The number of amides is 1. The second kappa shape index (κ2) is 7.02. The molecule has 0 saturated heterocycles. The van der Waals surface area contributed by atoms with Crippen LogP contribution in [-0.2, 0) is 0 Å². The third-order valence-corrected chi connectivity index (χ3v) is 3.76. The van der Waals surface area contributed by atoms with Crippen molar-refractivity contribution in [3.63, 3.8) is 0 Å². The quantitative estimate of drug-likeness (QED) is 0.832. The first-order valence-corrected chi connectivity index (χ1v) is 7.13. The lowest BCUT2D eigenvalue weighted by Crippen LogP contribution is -2.36. The van der Waals surface area contributed by atoms with Crippen LogP contribution in [0.2, 0.25) is 10.0 Å². The van der Waals surface area contributed by atoms with E-state index in [1.54, 1.807) is 25.1 Å². The SMILES string of the molecule is CCN(CC(F)F)C(=O)c1cnnn1-c1cccc(Cl)c1Cl. The molecule has 1 heterocycles. The van der Waals surface area contributed by atoms with Gasteiger partial charge in [-0.05, 0) is 19.1 Å². The van der Waals surface area contributed by atoms with E-state index in [4.69, 9.17) is 23.2 Å². The number of benzene rings is 1. The van der Waals surface area contributed by atoms with Crippen LogP contribution in [-0.4, -0.2) is 45.3 Å². The Morgan fingerprint density at radius 1 is 1.41 bits per heavy atom. The molecule has 0 aliphatic heterocycles. The van der Waals surface area contributed by atoms with Gasteiger partial charge in [0.2, 0.25) is 0 Å². The molecule has 0 atom stereocenters. The van der Waals surface area contributed by atoms with Gasteiger partial charge in [0.05, 0.1) is 28.5 Å². The second-order valence-corrected chi connectivity index (χ2v) is 5.12. The van der Waals surface area contributed by atoms with E-state index in [9.17, 15) is 13.6 Å². The maximum Gasteiger partial charge on any atom is 0.274 e. The molecule has 1 aromatic heterocycles. The van der Waals surface area contributed by atoms with Crippen LogP contribution in [0.1, 0.15) is 17.4 Å².